The number of aliphatic hydroxyl groups excluding tert-OH is 1. The monoisotopic (exact) mass is 168 g/mol. The summed E-state index contributed by atoms with van der Waals surface area (Å²) >= 11 is 0. The Labute approximate surface area is 72.1 Å². The second-order valence-electron chi connectivity index (χ2n) is 2.33. The molecule has 1 unspecified atom stereocenters. The fraction of sp³-hybridized carbons (Fsp3) is 0.333. The van der Waals surface area contributed by atoms with E-state index in [0.717, 1.165) is 12.0 Å². The Hall–Kier alpha value is -0.603. The topological polar surface area (TPSA) is 20.2 Å². The summed E-state index contributed by atoms with van der Waals surface area (Å²) in [5, 5.41) is 9.33. The van der Waals surface area contributed by atoms with Crippen LogP contribution in [0.5, 0.6) is 0 Å². The van der Waals surface area contributed by atoms with E-state index in [4.69, 9.17) is 0 Å². The molecule has 0 spiro atoms. The molecule has 0 saturated heterocycles. The molecule has 1 N–H and O–H groups in total. The van der Waals surface area contributed by atoms with Gasteiger partial charge in [0.05, 0.1) is 6.10 Å². The van der Waals surface area contributed by atoms with Crippen LogP contribution in [0.3, 0.4) is 0 Å². The summed E-state index contributed by atoms with van der Waals surface area (Å²) in [6.45, 7) is 1.97. The highest BCUT2D eigenvalue weighted by molar-refractivity contribution is 5.75. The molecule has 2 heteroatoms. The minimum absolute atomic E-state index is 0. The minimum atomic E-state index is -0.291. The second kappa shape index (κ2) is 5.10. The predicted octanol–water partition coefficient (Wildman–Crippen LogP) is 0.678. The molecule has 0 amide bonds. The molecule has 0 radical (unpaired) electrons. The highest BCUT2D eigenvalue weighted by atomic mass is 28.1. The van der Waals surface area contributed by atoms with Gasteiger partial charge in [0.1, 0.15) is 0 Å². The fourth-order valence-corrected chi connectivity index (χ4v) is 0.911. The zero-order chi connectivity index (χ0) is 7.40. The van der Waals surface area contributed by atoms with Crippen molar-refractivity contribution in [1.82, 2.24) is 0 Å². The average Bonchev–Trinajstić information content (AvgIpc) is 2.05. The summed E-state index contributed by atoms with van der Waals surface area (Å²) in [4.78, 5) is 0. The summed E-state index contributed by atoms with van der Waals surface area (Å²) in [7, 11) is 0. The number of rotatable bonds is 2. The van der Waals surface area contributed by atoms with Crippen molar-refractivity contribution >= 4 is 11.0 Å². The molecule has 0 aliphatic heterocycles. The van der Waals surface area contributed by atoms with Gasteiger partial charge in [-0.1, -0.05) is 37.3 Å². The van der Waals surface area contributed by atoms with E-state index in [9.17, 15) is 5.11 Å². The smallest absolute Gasteiger partial charge is 0.0787 e. The third kappa shape index (κ3) is 2.86. The van der Waals surface area contributed by atoms with Gasteiger partial charge in [0.15, 0.2) is 0 Å². The molecule has 0 heterocycles. The minimum Gasteiger partial charge on any atom is -0.388 e. The first-order valence-electron chi connectivity index (χ1n) is 3.57. The lowest BCUT2D eigenvalue weighted by Crippen LogP contribution is -1.93. The Bertz CT molecular complexity index is 186. The number of benzene rings is 1. The van der Waals surface area contributed by atoms with E-state index in [1.54, 1.807) is 0 Å². The number of hydrogen-bond donors (Lipinski definition) is 1. The Balaban J connectivity index is 0.000001000. The van der Waals surface area contributed by atoms with Crippen molar-refractivity contribution in [2.24, 2.45) is 0 Å². The molecule has 0 saturated carbocycles. The summed E-state index contributed by atoms with van der Waals surface area (Å²) < 4.78 is 0. The van der Waals surface area contributed by atoms with Crippen LogP contribution in [0.2, 0.25) is 0 Å². The molecule has 1 rings (SSSR count). The van der Waals surface area contributed by atoms with Crippen molar-refractivity contribution in [3.63, 3.8) is 0 Å². The van der Waals surface area contributed by atoms with Crippen molar-refractivity contribution in [3.8, 4) is 0 Å². The van der Waals surface area contributed by atoms with E-state index >= 15 is 0 Å². The van der Waals surface area contributed by atoms with Gasteiger partial charge in [-0.3, -0.25) is 0 Å². The first-order chi connectivity index (χ1) is 4.84. The summed E-state index contributed by atoms with van der Waals surface area (Å²) in [6.07, 6.45) is 0.491. The fourth-order valence-electron chi connectivity index (χ4n) is 0.911. The Morgan fingerprint density at radius 3 is 2.27 bits per heavy atom. The molecule has 0 aromatic heterocycles. The normalized spacial score (nSPS) is 11.8. The number of aliphatic hydroxyl groups is 1. The standard InChI is InChI=1S/C9H12O.H4Si/c1-2-9(10)8-6-4-3-5-7-8;/h3-7,9-10H,2H2,1H3;1H4. The highest BCUT2D eigenvalue weighted by Crippen LogP contribution is 2.14. The van der Waals surface area contributed by atoms with Gasteiger partial charge >= 0.3 is 0 Å². The van der Waals surface area contributed by atoms with Gasteiger partial charge in [0.25, 0.3) is 0 Å². The third-order valence-electron chi connectivity index (χ3n) is 1.57. The molecule has 1 aromatic carbocycles. The first-order valence-corrected chi connectivity index (χ1v) is 3.57. The SMILES string of the molecule is CCC(O)c1ccccc1.[SiH4]. The van der Waals surface area contributed by atoms with Crippen LogP contribution in [0.25, 0.3) is 0 Å². The third-order valence-corrected chi connectivity index (χ3v) is 1.57. The molecule has 1 aromatic rings. The quantitative estimate of drug-likeness (QED) is 0.644. The van der Waals surface area contributed by atoms with Gasteiger partial charge in [0.2, 0.25) is 0 Å². The van der Waals surface area contributed by atoms with Crippen LogP contribution in [0.1, 0.15) is 25.0 Å². The van der Waals surface area contributed by atoms with E-state index in [-0.39, 0.29) is 17.1 Å². The van der Waals surface area contributed by atoms with Crippen molar-refractivity contribution < 1.29 is 5.11 Å². The van der Waals surface area contributed by atoms with Gasteiger partial charge < -0.3 is 5.11 Å². The molecular weight excluding hydrogens is 152 g/mol. The lowest BCUT2D eigenvalue weighted by Gasteiger charge is -2.05. The largest absolute Gasteiger partial charge is 0.388 e. The Kier molecular flexibility index (Phi) is 4.82. The molecule has 0 bridgehead atoms. The van der Waals surface area contributed by atoms with E-state index in [1.807, 2.05) is 37.3 Å². The van der Waals surface area contributed by atoms with Crippen molar-refractivity contribution in [1.29, 1.82) is 0 Å². The maximum Gasteiger partial charge on any atom is 0.0787 e. The van der Waals surface area contributed by atoms with Gasteiger partial charge in [-0.05, 0) is 22.9 Å². The van der Waals surface area contributed by atoms with Crippen LogP contribution in [0, 0.1) is 0 Å². The van der Waals surface area contributed by atoms with E-state index in [2.05, 4.69) is 0 Å². The van der Waals surface area contributed by atoms with Crippen molar-refractivity contribution in [2.45, 2.75) is 19.4 Å². The van der Waals surface area contributed by atoms with E-state index in [0.29, 0.717) is 0 Å². The van der Waals surface area contributed by atoms with Crippen LogP contribution in [-0.4, -0.2) is 16.1 Å². The Morgan fingerprint density at radius 1 is 1.27 bits per heavy atom. The second-order valence-corrected chi connectivity index (χ2v) is 2.33. The average molecular weight is 168 g/mol. The zero-order valence-electron chi connectivity index (χ0n) is 6.12. The van der Waals surface area contributed by atoms with Crippen molar-refractivity contribution in [2.75, 3.05) is 0 Å². The van der Waals surface area contributed by atoms with Gasteiger partial charge in [-0.15, -0.1) is 0 Å². The van der Waals surface area contributed by atoms with E-state index < -0.39 is 0 Å². The summed E-state index contributed by atoms with van der Waals surface area (Å²) in [6, 6.07) is 9.70. The number of hydrogen-bond acceptors (Lipinski definition) is 1. The maximum absolute atomic E-state index is 9.33. The first kappa shape index (κ1) is 10.4. The van der Waals surface area contributed by atoms with Crippen molar-refractivity contribution in [3.05, 3.63) is 35.9 Å². The van der Waals surface area contributed by atoms with E-state index in [1.165, 1.54) is 0 Å². The lowest BCUT2D eigenvalue weighted by molar-refractivity contribution is 0.173. The molecule has 62 valence electrons. The maximum atomic E-state index is 9.33. The van der Waals surface area contributed by atoms with Crippen LogP contribution < -0.4 is 0 Å². The van der Waals surface area contributed by atoms with Crippen LogP contribution in [0.15, 0.2) is 30.3 Å². The van der Waals surface area contributed by atoms with Crippen LogP contribution in [0.4, 0.5) is 0 Å². The van der Waals surface area contributed by atoms with Crippen LogP contribution in [-0.2, 0) is 0 Å². The molecule has 11 heavy (non-hydrogen) atoms. The summed E-state index contributed by atoms with van der Waals surface area (Å²) in [5.74, 6) is 0. The molecular formula is C9H16OSi. The highest BCUT2D eigenvalue weighted by Gasteiger charge is 2.00. The molecule has 0 aliphatic rings. The summed E-state index contributed by atoms with van der Waals surface area (Å²) in [5.41, 5.74) is 1.00. The lowest BCUT2D eigenvalue weighted by atomic mass is 10.1. The van der Waals surface area contributed by atoms with Crippen LogP contribution >= 0.6 is 0 Å². The molecule has 1 atom stereocenters. The zero-order valence-corrected chi connectivity index (χ0v) is 6.12. The molecule has 1 nitrogen and oxygen atoms in total. The predicted molar refractivity (Wildman–Crippen MR) is 53.0 cm³/mol. The van der Waals surface area contributed by atoms with Gasteiger partial charge in [-0.25, -0.2) is 0 Å². The van der Waals surface area contributed by atoms with Gasteiger partial charge in [-0.2, -0.15) is 0 Å². The van der Waals surface area contributed by atoms with Gasteiger partial charge in [0, 0.05) is 0 Å². The Morgan fingerprint density at radius 2 is 1.82 bits per heavy atom. The molecule has 0 fully saturated rings. The molecule has 0 aliphatic carbocycles.